The molecule has 3 nitrogen and oxygen atoms in total. The van der Waals surface area contributed by atoms with Crippen LogP contribution >= 0.6 is 0 Å². The number of methoxy groups -OCH3 is 1. The Balaban J connectivity index is 2.96. The number of benzene rings is 1. The molecule has 0 fully saturated rings. The van der Waals surface area contributed by atoms with E-state index in [-0.39, 0.29) is 4.75 Å². The minimum absolute atomic E-state index is 0.227. The third-order valence-corrected chi connectivity index (χ3v) is 4.21. The highest BCUT2D eigenvalue weighted by molar-refractivity contribution is 7.85. The summed E-state index contributed by atoms with van der Waals surface area (Å²) in [4.78, 5) is 0. The summed E-state index contributed by atoms with van der Waals surface area (Å²) in [6.07, 6.45) is 0. The Hall–Kier alpha value is -1.03. The van der Waals surface area contributed by atoms with Crippen LogP contribution in [0.5, 0.6) is 5.75 Å². The zero-order valence-corrected chi connectivity index (χ0v) is 11.1. The van der Waals surface area contributed by atoms with Gasteiger partial charge in [-0.25, -0.2) is 0 Å². The van der Waals surface area contributed by atoms with E-state index in [9.17, 15) is 4.21 Å². The van der Waals surface area contributed by atoms with E-state index < -0.39 is 10.8 Å². The van der Waals surface area contributed by atoms with Crippen molar-refractivity contribution in [2.45, 2.75) is 31.3 Å². The minimum Gasteiger partial charge on any atom is -0.496 e. The standard InChI is InChI=1S/C12H19NO2S/c1-12(2,3)16(14)8-9-7-10(13)5-6-11(9)15-4/h5-7H,8,13H2,1-4H3. The van der Waals surface area contributed by atoms with E-state index in [0.29, 0.717) is 11.4 Å². The maximum atomic E-state index is 12.0. The summed E-state index contributed by atoms with van der Waals surface area (Å²) >= 11 is 0. The minimum atomic E-state index is -0.944. The van der Waals surface area contributed by atoms with E-state index in [2.05, 4.69) is 0 Å². The van der Waals surface area contributed by atoms with E-state index >= 15 is 0 Å². The molecule has 0 aliphatic heterocycles. The fraction of sp³-hybridized carbons (Fsp3) is 0.500. The fourth-order valence-corrected chi connectivity index (χ4v) is 2.21. The molecule has 2 N–H and O–H groups in total. The number of rotatable bonds is 3. The quantitative estimate of drug-likeness (QED) is 0.826. The van der Waals surface area contributed by atoms with Crippen molar-refractivity contribution >= 4 is 16.5 Å². The van der Waals surface area contributed by atoms with Gasteiger partial charge in [0.15, 0.2) is 0 Å². The van der Waals surface area contributed by atoms with E-state index in [0.717, 1.165) is 11.3 Å². The third-order valence-electron chi connectivity index (χ3n) is 2.27. The number of hydrogen-bond acceptors (Lipinski definition) is 3. The molecular weight excluding hydrogens is 222 g/mol. The maximum Gasteiger partial charge on any atom is 0.123 e. The van der Waals surface area contributed by atoms with Crippen LogP contribution in [0, 0.1) is 0 Å². The van der Waals surface area contributed by atoms with Gasteiger partial charge in [-0.15, -0.1) is 0 Å². The van der Waals surface area contributed by atoms with Gasteiger partial charge in [0.05, 0.1) is 12.9 Å². The molecule has 4 heteroatoms. The van der Waals surface area contributed by atoms with Crippen LogP contribution in [0.1, 0.15) is 26.3 Å². The fourth-order valence-electron chi connectivity index (χ4n) is 1.27. The van der Waals surface area contributed by atoms with Gasteiger partial charge in [0, 0.05) is 26.8 Å². The first-order chi connectivity index (χ1) is 7.34. The number of nitrogens with two attached hydrogens (primary N) is 1. The van der Waals surface area contributed by atoms with Gasteiger partial charge in [-0.3, -0.25) is 4.21 Å². The van der Waals surface area contributed by atoms with Crippen LogP contribution in [0.2, 0.25) is 0 Å². The Kier molecular flexibility index (Phi) is 3.97. The lowest BCUT2D eigenvalue weighted by Crippen LogP contribution is -2.23. The highest BCUT2D eigenvalue weighted by Crippen LogP contribution is 2.25. The molecule has 16 heavy (non-hydrogen) atoms. The maximum absolute atomic E-state index is 12.0. The summed E-state index contributed by atoms with van der Waals surface area (Å²) < 4.78 is 17.0. The second-order valence-electron chi connectivity index (χ2n) is 4.67. The zero-order valence-electron chi connectivity index (χ0n) is 10.2. The molecule has 90 valence electrons. The van der Waals surface area contributed by atoms with Gasteiger partial charge >= 0.3 is 0 Å². The second kappa shape index (κ2) is 4.87. The lowest BCUT2D eigenvalue weighted by Gasteiger charge is -2.18. The van der Waals surface area contributed by atoms with Crippen molar-refractivity contribution in [3.63, 3.8) is 0 Å². The molecule has 0 amide bonds. The molecule has 1 atom stereocenters. The summed E-state index contributed by atoms with van der Waals surface area (Å²) in [5, 5.41) is 0. The lowest BCUT2D eigenvalue weighted by atomic mass is 10.2. The summed E-state index contributed by atoms with van der Waals surface area (Å²) in [5.41, 5.74) is 7.28. The lowest BCUT2D eigenvalue weighted by molar-refractivity contribution is 0.411. The molecule has 0 bridgehead atoms. The van der Waals surface area contributed by atoms with Gasteiger partial charge in [-0.05, 0) is 39.0 Å². The van der Waals surface area contributed by atoms with Gasteiger partial charge in [0.25, 0.3) is 0 Å². The highest BCUT2D eigenvalue weighted by Gasteiger charge is 2.20. The van der Waals surface area contributed by atoms with E-state index in [1.807, 2.05) is 32.9 Å². The van der Waals surface area contributed by atoms with Crippen molar-refractivity contribution in [1.29, 1.82) is 0 Å². The molecule has 0 aromatic heterocycles. The number of anilines is 1. The first-order valence-corrected chi connectivity index (χ1v) is 6.47. The summed E-state index contributed by atoms with van der Waals surface area (Å²) in [7, 11) is 0.662. The van der Waals surface area contributed by atoms with Crippen molar-refractivity contribution in [1.82, 2.24) is 0 Å². The molecule has 1 aromatic carbocycles. The predicted molar refractivity (Wildman–Crippen MR) is 69.0 cm³/mol. The summed E-state index contributed by atoms with van der Waals surface area (Å²) in [6, 6.07) is 5.41. The van der Waals surface area contributed by atoms with E-state index in [1.165, 1.54) is 0 Å². The van der Waals surface area contributed by atoms with Gasteiger partial charge in [0.2, 0.25) is 0 Å². The summed E-state index contributed by atoms with van der Waals surface area (Å²) in [5.74, 6) is 1.21. The molecule has 0 saturated carbocycles. The average molecular weight is 241 g/mol. The molecule has 0 radical (unpaired) electrons. The first-order valence-electron chi connectivity index (χ1n) is 5.15. The topological polar surface area (TPSA) is 52.3 Å². The summed E-state index contributed by atoms with van der Waals surface area (Å²) in [6.45, 7) is 5.88. The average Bonchev–Trinajstić information content (AvgIpc) is 2.16. The van der Waals surface area contributed by atoms with Crippen LogP contribution in [0.4, 0.5) is 5.69 Å². The highest BCUT2D eigenvalue weighted by atomic mass is 32.2. The molecule has 0 saturated heterocycles. The Morgan fingerprint density at radius 1 is 1.38 bits per heavy atom. The number of nitrogen functional groups attached to an aromatic ring is 1. The Labute approximate surface area is 99.4 Å². The molecule has 1 rings (SSSR count). The molecule has 1 unspecified atom stereocenters. The Bertz CT molecular complexity index is 396. The van der Waals surface area contributed by atoms with Crippen molar-refractivity contribution in [2.75, 3.05) is 12.8 Å². The van der Waals surface area contributed by atoms with Crippen molar-refractivity contribution in [2.24, 2.45) is 0 Å². The third kappa shape index (κ3) is 3.23. The molecule has 0 aliphatic rings. The van der Waals surface area contributed by atoms with Crippen LogP contribution in [0.15, 0.2) is 18.2 Å². The smallest absolute Gasteiger partial charge is 0.123 e. The number of hydrogen-bond donors (Lipinski definition) is 1. The van der Waals surface area contributed by atoms with Crippen LogP contribution in [0.25, 0.3) is 0 Å². The van der Waals surface area contributed by atoms with Crippen LogP contribution in [-0.4, -0.2) is 16.1 Å². The molecule has 0 spiro atoms. The van der Waals surface area contributed by atoms with Crippen molar-refractivity contribution in [3.05, 3.63) is 23.8 Å². The van der Waals surface area contributed by atoms with Crippen LogP contribution in [-0.2, 0) is 16.6 Å². The zero-order chi connectivity index (χ0) is 12.3. The predicted octanol–water partition coefficient (Wildman–Crippen LogP) is 2.32. The Morgan fingerprint density at radius 2 is 2.00 bits per heavy atom. The normalized spacial score (nSPS) is 13.5. The van der Waals surface area contributed by atoms with Gasteiger partial charge in [-0.1, -0.05) is 0 Å². The van der Waals surface area contributed by atoms with Crippen LogP contribution < -0.4 is 10.5 Å². The van der Waals surface area contributed by atoms with Gasteiger partial charge < -0.3 is 10.5 Å². The van der Waals surface area contributed by atoms with Crippen molar-refractivity contribution < 1.29 is 8.95 Å². The number of ether oxygens (including phenoxy) is 1. The monoisotopic (exact) mass is 241 g/mol. The first kappa shape index (κ1) is 13.0. The molecule has 0 heterocycles. The molecule has 1 aromatic rings. The molecule has 0 aliphatic carbocycles. The van der Waals surface area contributed by atoms with Crippen molar-refractivity contribution in [3.8, 4) is 5.75 Å². The second-order valence-corrected chi connectivity index (χ2v) is 6.88. The molecular formula is C12H19NO2S. The SMILES string of the molecule is COc1ccc(N)cc1CS(=O)C(C)(C)C. The van der Waals surface area contributed by atoms with Gasteiger partial charge in [0.1, 0.15) is 5.75 Å². The van der Waals surface area contributed by atoms with Gasteiger partial charge in [-0.2, -0.15) is 0 Å². The Morgan fingerprint density at radius 3 is 2.50 bits per heavy atom. The van der Waals surface area contributed by atoms with E-state index in [4.69, 9.17) is 10.5 Å². The largest absolute Gasteiger partial charge is 0.496 e. The van der Waals surface area contributed by atoms with Crippen LogP contribution in [0.3, 0.4) is 0 Å². The van der Waals surface area contributed by atoms with E-state index in [1.54, 1.807) is 13.2 Å².